The quantitative estimate of drug-likeness (QED) is 0.153. The number of nitrogens with zero attached hydrogens (tertiary/aromatic N) is 4. The van der Waals surface area contributed by atoms with Crippen LogP contribution < -0.4 is 4.74 Å². The molecular formula is C59H38N4O. The van der Waals surface area contributed by atoms with E-state index in [9.17, 15) is 5.26 Å². The average Bonchev–Trinajstić information content (AvgIpc) is 3.38. The van der Waals surface area contributed by atoms with Crippen LogP contribution in [0.4, 0.5) is 0 Å². The van der Waals surface area contributed by atoms with Gasteiger partial charge >= 0.3 is 0 Å². The van der Waals surface area contributed by atoms with Gasteiger partial charge in [-0.3, -0.25) is 0 Å². The summed E-state index contributed by atoms with van der Waals surface area (Å²) in [4.78, 5) is 15.2. The first-order chi connectivity index (χ1) is 31.6. The van der Waals surface area contributed by atoms with Crippen LogP contribution in [0.1, 0.15) is 27.8 Å². The fourth-order valence-electron chi connectivity index (χ4n) is 9.06. The summed E-state index contributed by atoms with van der Waals surface area (Å²) in [6, 6.07) is 81.7. The van der Waals surface area contributed by atoms with Crippen LogP contribution in [0.2, 0.25) is 0 Å². The summed E-state index contributed by atoms with van der Waals surface area (Å²) in [5, 5.41) is 9.55. The van der Waals surface area contributed by atoms with E-state index in [-0.39, 0.29) is 0 Å². The van der Waals surface area contributed by atoms with Gasteiger partial charge in [0, 0.05) is 27.8 Å². The standard InChI is InChI=1S/C59H38N4O/c60-39-40-16-12-19-42(34-40)45-22-14-24-48(36-45)57-61-56(41-17-4-1-5-18-41)62-58(63-57)49-25-15-23-46(37-49)43-20-13-21-44(35-43)47-32-33-55-53(38-47)59(50-26-6-2-7-27-50,51-28-8-3-9-29-51)52-30-10-11-31-54(52)64-55/h1-38H. The molecule has 1 aliphatic rings. The van der Waals surface area contributed by atoms with Crippen LogP contribution in [-0.2, 0) is 5.41 Å². The van der Waals surface area contributed by atoms with Gasteiger partial charge in [0.2, 0.25) is 0 Å². The van der Waals surface area contributed by atoms with Gasteiger partial charge in [-0.05, 0) is 93.0 Å². The van der Waals surface area contributed by atoms with Crippen LogP contribution >= 0.6 is 0 Å². The van der Waals surface area contributed by atoms with Crippen molar-refractivity contribution in [2.75, 3.05) is 0 Å². The zero-order chi connectivity index (χ0) is 42.9. The molecule has 0 unspecified atom stereocenters. The number of benzene rings is 9. The second kappa shape index (κ2) is 16.3. The first-order valence-electron chi connectivity index (χ1n) is 21.3. The largest absolute Gasteiger partial charge is 0.457 e. The Morgan fingerprint density at radius 3 is 1.30 bits per heavy atom. The van der Waals surface area contributed by atoms with E-state index >= 15 is 0 Å². The molecule has 0 saturated heterocycles. The smallest absolute Gasteiger partial charge is 0.164 e. The number of ether oxygens (including phenoxy) is 1. The van der Waals surface area contributed by atoms with E-state index in [0.717, 1.165) is 72.7 Å². The zero-order valence-electron chi connectivity index (χ0n) is 34.6. The maximum absolute atomic E-state index is 9.55. The van der Waals surface area contributed by atoms with Crippen molar-refractivity contribution < 1.29 is 4.74 Å². The topological polar surface area (TPSA) is 71.7 Å². The lowest BCUT2D eigenvalue weighted by Gasteiger charge is -2.41. The highest BCUT2D eigenvalue weighted by atomic mass is 16.5. The maximum atomic E-state index is 9.55. The van der Waals surface area contributed by atoms with Gasteiger partial charge in [0.05, 0.1) is 17.0 Å². The number of hydrogen-bond acceptors (Lipinski definition) is 5. The van der Waals surface area contributed by atoms with Crippen molar-refractivity contribution in [3.05, 3.63) is 258 Å². The average molecular weight is 819 g/mol. The Balaban J connectivity index is 1.00. The minimum atomic E-state index is -0.611. The second-order valence-electron chi connectivity index (χ2n) is 15.9. The van der Waals surface area contributed by atoms with Gasteiger partial charge in [-0.2, -0.15) is 5.26 Å². The Labute approximate surface area is 372 Å². The van der Waals surface area contributed by atoms with Crippen molar-refractivity contribution in [1.29, 1.82) is 5.26 Å². The molecule has 1 aliphatic heterocycles. The molecule has 64 heavy (non-hydrogen) atoms. The summed E-state index contributed by atoms with van der Waals surface area (Å²) in [5.74, 6) is 3.42. The molecule has 0 aliphatic carbocycles. The van der Waals surface area contributed by atoms with E-state index in [4.69, 9.17) is 19.7 Å². The first kappa shape index (κ1) is 38.2. The van der Waals surface area contributed by atoms with Gasteiger partial charge < -0.3 is 4.74 Å². The Bertz CT molecular complexity index is 3340. The summed E-state index contributed by atoms with van der Waals surface area (Å²) >= 11 is 0. The number of rotatable bonds is 8. The van der Waals surface area contributed by atoms with Crippen LogP contribution in [0.3, 0.4) is 0 Å². The SMILES string of the molecule is N#Cc1cccc(-c2cccc(-c3nc(-c4ccccc4)nc(-c4cccc(-c5cccc(-c6ccc7c(c6)C(c6ccccc6)(c6ccccc6)c6ccccc6O7)c5)c4)n3)c2)c1. The fraction of sp³-hybridized carbons (Fsp3) is 0.0169. The fourth-order valence-corrected chi connectivity index (χ4v) is 9.06. The van der Waals surface area contributed by atoms with Crippen molar-refractivity contribution in [2.45, 2.75) is 5.41 Å². The van der Waals surface area contributed by atoms with E-state index in [0.29, 0.717) is 23.0 Å². The van der Waals surface area contributed by atoms with Gasteiger partial charge in [-0.25, -0.2) is 15.0 Å². The molecule has 5 heteroatoms. The first-order valence-corrected chi connectivity index (χ1v) is 21.3. The molecule has 0 amide bonds. The zero-order valence-corrected chi connectivity index (χ0v) is 34.6. The summed E-state index contributed by atoms with van der Waals surface area (Å²) in [7, 11) is 0. The molecule has 0 spiro atoms. The van der Waals surface area contributed by atoms with Gasteiger partial charge in [0.1, 0.15) is 11.5 Å². The predicted octanol–water partition coefficient (Wildman–Crippen LogP) is 14.2. The molecule has 0 N–H and O–H groups in total. The van der Waals surface area contributed by atoms with Crippen molar-refractivity contribution in [3.63, 3.8) is 0 Å². The minimum Gasteiger partial charge on any atom is -0.457 e. The summed E-state index contributed by atoms with van der Waals surface area (Å²) < 4.78 is 6.70. The molecule has 2 heterocycles. The third kappa shape index (κ3) is 6.90. The third-order valence-corrected chi connectivity index (χ3v) is 12.1. The number of nitriles is 1. The van der Waals surface area contributed by atoms with E-state index in [1.807, 2.05) is 78.9 Å². The summed E-state index contributed by atoms with van der Waals surface area (Å²) in [6.45, 7) is 0. The maximum Gasteiger partial charge on any atom is 0.164 e. The Morgan fingerprint density at radius 1 is 0.328 bits per heavy atom. The number of fused-ring (bicyclic) bond motifs is 2. The van der Waals surface area contributed by atoms with Crippen LogP contribution in [0.25, 0.3) is 67.5 Å². The molecule has 11 rings (SSSR count). The molecular weight excluding hydrogens is 781 g/mol. The van der Waals surface area contributed by atoms with Gasteiger partial charge in [-0.1, -0.05) is 182 Å². The minimum absolute atomic E-state index is 0.565. The van der Waals surface area contributed by atoms with Gasteiger partial charge in [0.15, 0.2) is 17.5 Å². The second-order valence-corrected chi connectivity index (χ2v) is 15.9. The lowest BCUT2D eigenvalue weighted by atomic mass is 9.63. The van der Waals surface area contributed by atoms with E-state index in [2.05, 4.69) is 158 Å². The molecule has 5 nitrogen and oxygen atoms in total. The highest BCUT2D eigenvalue weighted by molar-refractivity contribution is 5.80. The van der Waals surface area contributed by atoms with Crippen molar-refractivity contribution in [1.82, 2.24) is 15.0 Å². The highest BCUT2D eigenvalue weighted by Gasteiger charge is 2.45. The number of para-hydroxylation sites is 1. The Hall–Kier alpha value is -8.72. The third-order valence-electron chi connectivity index (χ3n) is 12.1. The van der Waals surface area contributed by atoms with Crippen molar-refractivity contribution in [2.24, 2.45) is 0 Å². The van der Waals surface area contributed by atoms with Crippen LogP contribution in [0.5, 0.6) is 11.5 Å². The van der Waals surface area contributed by atoms with Crippen molar-refractivity contribution >= 4 is 0 Å². The Kier molecular flexibility index (Phi) is 9.72. The molecule has 0 fully saturated rings. The van der Waals surface area contributed by atoms with E-state index < -0.39 is 5.41 Å². The van der Waals surface area contributed by atoms with E-state index in [1.165, 1.54) is 11.1 Å². The summed E-state index contributed by atoms with van der Waals surface area (Å²) in [5.41, 5.74) is 13.4. The lowest BCUT2D eigenvalue weighted by molar-refractivity contribution is 0.434. The van der Waals surface area contributed by atoms with Crippen molar-refractivity contribution in [3.8, 4) is 85.1 Å². The summed E-state index contributed by atoms with van der Waals surface area (Å²) in [6.07, 6.45) is 0. The molecule has 0 radical (unpaired) electrons. The molecule has 0 bridgehead atoms. The molecule has 10 aromatic rings. The number of aromatic nitrogens is 3. The lowest BCUT2D eigenvalue weighted by Crippen LogP contribution is -2.34. The highest BCUT2D eigenvalue weighted by Crippen LogP contribution is 2.56. The Morgan fingerprint density at radius 2 is 0.734 bits per heavy atom. The molecule has 0 atom stereocenters. The molecule has 1 aromatic heterocycles. The molecule has 300 valence electrons. The monoisotopic (exact) mass is 818 g/mol. The van der Waals surface area contributed by atoms with Gasteiger partial charge in [-0.15, -0.1) is 0 Å². The van der Waals surface area contributed by atoms with E-state index in [1.54, 1.807) is 0 Å². The van der Waals surface area contributed by atoms with Crippen LogP contribution in [0, 0.1) is 11.3 Å². The number of hydrogen-bond donors (Lipinski definition) is 0. The predicted molar refractivity (Wildman–Crippen MR) is 256 cm³/mol. The normalized spacial score (nSPS) is 12.3. The van der Waals surface area contributed by atoms with Gasteiger partial charge in [0.25, 0.3) is 0 Å². The molecule has 9 aromatic carbocycles. The van der Waals surface area contributed by atoms with Crippen LogP contribution in [-0.4, -0.2) is 15.0 Å². The molecule has 0 saturated carbocycles. The van der Waals surface area contributed by atoms with Crippen LogP contribution in [0.15, 0.2) is 231 Å².